The number of carboxylic acid groups (broad SMARTS) is 1. The summed E-state index contributed by atoms with van der Waals surface area (Å²) in [5.74, 6) is -1.27. The number of benzene rings is 1. The van der Waals surface area contributed by atoms with Crippen LogP contribution in [0.15, 0.2) is 22.7 Å². The fourth-order valence-electron chi connectivity index (χ4n) is 2.43. The fourth-order valence-corrected chi connectivity index (χ4v) is 3.01. The van der Waals surface area contributed by atoms with Gasteiger partial charge in [0.25, 0.3) is 11.6 Å². The van der Waals surface area contributed by atoms with E-state index in [1.165, 1.54) is 23.1 Å². The smallest absolute Gasteiger partial charge is 0.303 e. The number of aliphatic carboxylic acids is 1. The van der Waals surface area contributed by atoms with Gasteiger partial charge in [-0.25, -0.2) is 0 Å². The molecule has 1 fully saturated rings. The molecule has 1 aliphatic heterocycles. The van der Waals surface area contributed by atoms with Crippen LogP contribution in [0.1, 0.15) is 23.2 Å². The van der Waals surface area contributed by atoms with Gasteiger partial charge in [0.2, 0.25) is 0 Å². The van der Waals surface area contributed by atoms with Gasteiger partial charge in [0.1, 0.15) is 4.47 Å². The molecule has 0 radical (unpaired) electrons. The van der Waals surface area contributed by atoms with Crippen LogP contribution in [0.3, 0.4) is 0 Å². The van der Waals surface area contributed by atoms with Gasteiger partial charge in [-0.15, -0.1) is 0 Å². The van der Waals surface area contributed by atoms with Crippen LogP contribution in [0, 0.1) is 16.0 Å². The Morgan fingerprint density at radius 3 is 2.81 bits per heavy atom. The lowest BCUT2D eigenvalue weighted by Gasteiger charge is -2.17. The van der Waals surface area contributed by atoms with Crippen molar-refractivity contribution in [3.05, 3.63) is 38.3 Å². The highest BCUT2D eigenvalue weighted by Gasteiger charge is 2.30. The standard InChI is InChI=1S/C13H13BrN2O5/c14-12-9(2-1-3-10(12)16(20)21)13(19)15-5-4-8(7-15)6-11(17)18/h1-3,8H,4-7H2,(H,17,18). The number of carboxylic acids is 1. The molecule has 1 aromatic carbocycles. The summed E-state index contributed by atoms with van der Waals surface area (Å²) in [6.45, 7) is 0.826. The molecule has 1 atom stereocenters. The molecule has 2 rings (SSSR count). The van der Waals surface area contributed by atoms with Crippen LogP contribution in [0.2, 0.25) is 0 Å². The van der Waals surface area contributed by atoms with Crippen molar-refractivity contribution in [2.45, 2.75) is 12.8 Å². The van der Waals surface area contributed by atoms with Crippen molar-refractivity contribution < 1.29 is 19.6 Å². The first kappa shape index (κ1) is 15.4. The SMILES string of the molecule is O=C(O)CC1CCN(C(=O)c2cccc([N+](=O)[O-])c2Br)C1. The molecule has 8 heteroatoms. The van der Waals surface area contributed by atoms with E-state index in [9.17, 15) is 19.7 Å². The van der Waals surface area contributed by atoms with E-state index >= 15 is 0 Å². The van der Waals surface area contributed by atoms with E-state index < -0.39 is 10.9 Å². The average Bonchev–Trinajstić information content (AvgIpc) is 2.85. The number of hydrogen-bond donors (Lipinski definition) is 1. The number of nitrogens with zero attached hydrogens (tertiary/aromatic N) is 2. The van der Waals surface area contributed by atoms with E-state index in [2.05, 4.69) is 15.9 Å². The number of nitro benzene ring substituents is 1. The molecule has 0 aliphatic carbocycles. The first-order chi connectivity index (χ1) is 9.90. The van der Waals surface area contributed by atoms with Gasteiger partial charge in [0, 0.05) is 25.6 Å². The normalized spacial score (nSPS) is 17.8. The Bertz CT molecular complexity index is 604. The summed E-state index contributed by atoms with van der Waals surface area (Å²) in [6, 6.07) is 4.29. The molecule has 7 nitrogen and oxygen atoms in total. The molecule has 1 amide bonds. The van der Waals surface area contributed by atoms with Gasteiger partial charge in [0.15, 0.2) is 0 Å². The number of carbonyl (C=O) groups excluding carboxylic acids is 1. The summed E-state index contributed by atoms with van der Waals surface area (Å²) < 4.78 is 0.154. The lowest BCUT2D eigenvalue weighted by molar-refractivity contribution is -0.385. The number of rotatable bonds is 4. The second-order valence-electron chi connectivity index (χ2n) is 4.90. The van der Waals surface area contributed by atoms with Crippen molar-refractivity contribution in [1.82, 2.24) is 4.90 Å². The molecular formula is C13H13BrN2O5. The summed E-state index contributed by atoms with van der Waals surface area (Å²) in [4.78, 5) is 34.9. The van der Waals surface area contributed by atoms with Crippen molar-refractivity contribution >= 4 is 33.5 Å². The number of hydrogen-bond acceptors (Lipinski definition) is 4. The van der Waals surface area contributed by atoms with Crippen molar-refractivity contribution in [2.75, 3.05) is 13.1 Å². The van der Waals surface area contributed by atoms with Gasteiger partial charge in [-0.3, -0.25) is 19.7 Å². The minimum absolute atomic E-state index is 0.0277. The number of halogens is 1. The van der Waals surface area contributed by atoms with Crippen LogP contribution < -0.4 is 0 Å². The van der Waals surface area contributed by atoms with Crippen LogP contribution in [0.5, 0.6) is 0 Å². The maximum absolute atomic E-state index is 12.4. The lowest BCUT2D eigenvalue weighted by Crippen LogP contribution is -2.29. The van der Waals surface area contributed by atoms with Crippen LogP contribution in [0.25, 0.3) is 0 Å². The number of nitro groups is 1. The van der Waals surface area contributed by atoms with E-state index in [1.807, 2.05) is 0 Å². The van der Waals surface area contributed by atoms with Gasteiger partial charge in [-0.2, -0.15) is 0 Å². The Morgan fingerprint density at radius 2 is 2.19 bits per heavy atom. The van der Waals surface area contributed by atoms with E-state index in [0.29, 0.717) is 19.5 Å². The number of carbonyl (C=O) groups is 2. The minimum atomic E-state index is -0.883. The Morgan fingerprint density at radius 1 is 1.48 bits per heavy atom. The summed E-state index contributed by atoms with van der Waals surface area (Å²) in [7, 11) is 0. The van der Waals surface area contributed by atoms with Crippen LogP contribution in [-0.4, -0.2) is 39.9 Å². The number of amides is 1. The molecule has 1 aromatic rings. The van der Waals surface area contributed by atoms with Crippen molar-refractivity contribution in [3.63, 3.8) is 0 Å². The predicted molar refractivity (Wildman–Crippen MR) is 77.1 cm³/mol. The van der Waals surface area contributed by atoms with E-state index in [-0.39, 0.29) is 34.0 Å². The Hall–Kier alpha value is -1.96. The topological polar surface area (TPSA) is 101 Å². The highest BCUT2D eigenvalue weighted by molar-refractivity contribution is 9.10. The van der Waals surface area contributed by atoms with Gasteiger partial charge < -0.3 is 10.0 Å². The molecule has 0 saturated carbocycles. The maximum atomic E-state index is 12.4. The van der Waals surface area contributed by atoms with Gasteiger partial charge in [-0.05, 0) is 34.3 Å². The minimum Gasteiger partial charge on any atom is -0.481 e. The first-order valence-corrected chi connectivity index (χ1v) is 7.13. The predicted octanol–water partition coefficient (Wildman–Crippen LogP) is 2.29. The third-order valence-corrected chi connectivity index (χ3v) is 4.28. The molecule has 1 heterocycles. The molecule has 0 bridgehead atoms. The largest absolute Gasteiger partial charge is 0.481 e. The zero-order valence-corrected chi connectivity index (χ0v) is 12.6. The molecule has 1 N–H and O–H groups in total. The lowest BCUT2D eigenvalue weighted by atomic mass is 10.1. The van der Waals surface area contributed by atoms with Crippen LogP contribution >= 0.6 is 15.9 Å². The van der Waals surface area contributed by atoms with Crippen LogP contribution in [0.4, 0.5) is 5.69 Å². The van der Waals surface area contributed by atoms with Crippen molar-refractivity contribution in [2.24, 2.45) is 5.92 Å². The van der Waals surface area contributed by atoms with E-state index in [4.69, 9.17) is 5.11 Å². The van der Waals surface area contributed by atoms with Crippen molar-refractivity contribution in [3.8, 4) is 0 Å². The average molecular weight is 357 g/mol. The highest BCUT2D eigenvalue weighted by atomic mass is 79.9. The molecule has 1 unspecified atom stereocenters. The van der Waals surface area contributed by atoms with Crippen LogP contribution in [-0.2, 0) is 4.79 Å². The Labute approximate surface area is 128 Å². The maximum Gasteiger partial charge on any atom is 0.303 e. The molecule has 0 spiro atoms. The second-order valence-corrected chi connectivity index (χ2v) is 5.69. The highest BCUT2D eigenvalue weighted by Crippen LogP contribution is 2.30. The monoisotopic (exact) mass is 356 g/mol. The number of likely N-dealkylation sites (tertiary alicyclic amines) is 1. The summed E-state index contributed by atoms with van der Waals surface area (Å²) in [5.41, 5.74) is 0.0577. The van der Waals surface area contributed by atoms with Crippen molar-refractivity contribution in [1.29, 1.82) is 0 Å². The molecular weight excluding hydrogens is 344 g/mol. The summed E-state index contributed by atoms with van der Waals surface area (Å²) in [5, 5.41) is 19.6. The molecule has 0 aromatic heterocycles. The zero-order chi connectivity index (χ0) is 15.6. The van der Waals surface area contributed by atoms with Gasteiger partial charge >= 0.3 is 5.97 Å². The van der Waals surface area contributed by atoms with Gasteiger partial charge in [-0.1, -0.05) is 6.07 Å². The molecule has 112 valence electrons. The summed E-state index contributed by atoms with van der Waals surface area (Å²) in [6.07, 6.45) is 0.657. The third kappa shape index (κ3) is 3.38. The Balaban J connectivity index is 2.16. The summed E-state index contributed by atoms with van der Waals surface area (Å²) >= 11 is 3.10. The molecule has 1 saturated heterocycles. The third-order valence-electron chi connectivity index (χ3n) is 3.44. The molecule has 21 heavy (non-hydrogen) atoms. The van der Waals surface area contributed by atoms with E-state index in [1.54, 1.807) is 0 Å². The fraction of sp³-hybridized carbons (Fsp3) is 0.385. The first-order valence-electron chi connectivity index (χ1n) is 6.34. The zero-order valence-electron chi connectivity index (χ0n) is 11.0. The quantitative estimate of drug-likeness (QED) is 0.658. The van der Waals surface area contributed by atoms with Gasteiger partial charge in [0.05, 0.1) is 10.5 Å². The Kier molecular flexibility index (Phi) is 4.56. The molecule has 1 aliphatic rings. The second kappa shape index (κ2) is 6.21. The van der Waals surface area contributed by atoms with E-state index in [0.717, 1.165) is 0 Å².